The summed E-state index contributed by atoms with van der Waals surface area (Å²) in [4.78, 5) is 2.72. The van der Waals surface area contributed by atoms with E-state index in [1.165, 1.54) is 20.9 Å². The van der Waals surface area contributed by atoms with Gasteiger partial charge in [0.25, 0.3) is 0 Å². The molecule has 0 spiro atoms. The second kappa shape index (κ2) is 5.28. The molecule has 1 nitrogen and oxygen atoms in total. The van der Waals surface area contributed by atoms with E-state index < -0.39 is 0 Å². The lowest BCUT2D eigenvalue weighted by Crippen LogP contribution is -2.11. The van der Waals surface area contributed by atoms with Crippen LogP contribution in [-0.2, 0) is 6.54 Å². The first-order valence-corrected chi connectivity index (χ1v) is 6.47. The molecule has 0 aliphatic heterocycles. The number of thiophene rings is 1. The summed E-state index contributed by atoms with van der Waals surface area (Å²) in [6, 6.07) is 13.2. The predicted molar refractivity (Wildman–Crippen MR) is 71.9 cm³/mol. The van der Waals surface area contributed by atoms with Crippen LogP contribution >= 0.6 is 11.3 Å². The zero-order chi connectivity index (χ0) is 11.4. The van der Waals surface area contributed by atoms with Crippen LogP contribution in [0.4, 0.5) is 0 Å². The number of hydrogen-bond acceptors (Lipinski definition) is 2. The molecule has 84 valence electrons. The van der Waals surface area contributed by atoms with Crippen molar-refractivity contribution in [2.75, 3.05) is 6.54 Å². The maximum Gasteiger partial charge on any atom is 0.0345 e. The fourth-order valence-corrected chi connectivity index (χ4v) is 2.52. The van der Waals surface area contributed by atoms with Crippen LogP contribution in [-0.4, -0.2) is 6.54 Å². The monoisotopic (exact) mass is 231 g/mol. The summed E-state index contributed by atoms with van der Waals surface area (Å²) in [5.74, 6) is 0. The molecule has 16 heavy (non-hydrogen) atoms. The van der Waals surface area contributed by atoms with Crippen LogP contribution in [0.15, 0.2) is 36.4 Å². The van der Waals surface area contributed by atoms with Gasteiger partial charge in [0.1, 0.15) is 0 Å². The predicted octanol–water partition coefficient (Wildman–Crippen LogP) is 3.83. The molecule has 0 saturated heterocycles. The van der Waals surface area contributed by atoms with Gasteiger partial charge in [-0.3, -0.25) is 0 Å². The van der Waals surface area contributed by atoms with Gasteiger partial charge >= 0.3 is 0 Å². The van der Waals surface area contributed by atoms with Crippen LogP contribution in [0.1, 0.15) is 17.4 Å². The molecule has 1 heterocycles. The lowest BCUT2D eigenvalue weighted by Gasteiger charge is -2.03. The highest BCUT2D eigenvalue weighted by Crippen LogP contribution is 2.27. The number of hydrogen-bond donors (Lipinski definition) is 1. The largest absolute Gasteiger partial charge is 0.313 e. The second-order valence-electron chi connectivity index (χ2n) is 3.89. The maximum absolute atomic E-state index is 3.33. The SMILES string of the molecule is CCNCc1ccc(-c2ccc(C)s2)cc1. The Balaban J connectivity index is 2.13. The third kappa shape index (κ3) is 2.71. The Hall–Kier alpha value is -1.12. The Labute approximate surface area is 101 Å². The highest BCUT2D eigenvalue weighted by Gasteiger charge is 2.00. The molecule has 0 unspecified atom stereocenters. The van der Waals surface area contributed by atoms with E-state index in [1.54, 1.807) is 0 Å². The van der Waals surface area contributed by atoms with Gasteiger partial charge in [-0.1, -0.05) is 31.2 Å². The summed E-state index contributed by atoms with van der Waals surface area (Å²) in [6.45, 7) is 6.25. The molecule has 1 N–H and O–H groups in total. The van der Waals surface area contributed by atoms with Gasteiger partial charge in [-0.05, 0) is 36.7 Å². The zero-order valence-electron chi connectivity index (χ0n) is 9.79. The summed E-state index contributed by atoms with van der Waals surface area (Å²) in [5.41, 5.74) is 2.66. The van der Waals surface area contributed by atoms with Gasteiger partial charge in [0.15, 0.2) is 0 Å². The molecule has 1 aromatic heterocycles. The van der Waals surface area contributed by atoms with Crippen LogP contribution in [0.5, 0.6) is 0 Å². The highest BCUT2D eigenvalue weighted by atomic mass is 32.1. The molecule has 0 fully saturated rings. The molecule has 2 rings (SSSR count). The topological polar surface area (TPSA) is 12.0 Å². The van der Waals surface area contributed by atoms with Crippen LogP contribution < -0.4 is 5.32 Å². The van der Waals surface area contributed by atoms with Gasteiger partial charge in [-0.25, -0.2) is 0 Å². The third-order valence-electron chi connectivity index (χ3n) is 2.56. The van der Waals surface area contributed by atoms with Gasteiger partial charge in [0, 0.05) is 16.3 Å². The van der Waals surface area contributed by atoms with Crippen molar-refractivity contribution in [3.05, 3.63) is 46.8 Å². The van der Waals surface area contributed by atoms with Gasteiger partial charge in [-0.15, -0.1) is 11.3 Å². The number of nitrogens with one attached hydrogen (secondary N) is 1. The molecule has 0 saturated carbocycles. The van der Waals surface area contributed by atoms with Crippen molar-refractivity contribution in [3.63, 3.8) is 0 Å². The zero-order valence-corrected chi connectivity index (χ0v) is 10.6. The van der Waals surface area contributed by atoms with Crippen molar-refractivity contribution in [2.45, 2.75) is 20.4 Å². The van der Waals surface area contributed by atoms with E-state index in [1.807, 2.05) is 11.3 Å². The Morgan fingerprint density at radius 2 is 1.81 bits per heavy atom. The van der Waals surface area contributed by atoms with Gasteiger partial charge in [0.05, 0.1) is 0 Å². The average molecular weight is 231 g/mol. The molecular weight excluding hydrogens is 214 g/mol. The molecule has 0 bridgehead atoms. The molecule has 1 aromatic carbocycles. The van der Waals surface area contributed by atoms with Crippen molar-refractivity contribution in [2.24, 2.45) is 0 Å². The summed E-state index contributed by atoms with van der Waals surface area (Å²) in [7, 11) is 0. The lowest BCUT2D eigenvalue weighted by molar-refractivity contribution is 0.727. The molecule has 0 aliphatic rings. The second-order valence-corrected chi connectivity index (χ2v) is 5.18. The van der Waals surface area contributed by atoms with Gasteiger partial charge < -0.3 is 5.32 Å². The van der Waals surface area contributed by atoms with Crippen molar-refractivity contribution in [3.8, 4) is 10.4 Å². The molecular formula is C14H17NS. The molecule has 0 radical (unpaired) electrons. The quantitative estimate of drug-likeness (QED) is 0.843. The molecule has 0 aliphatic carbocycles. The number of benzene rings is 1. The van der Waals surface area contributed by atoms with Crippen molar-refractivity contribution >= 4 is 11.3 Å². The smallest absolute Gasteiger partial charge is 0.0345 e. The third-order valence-corrected chi connectivity index (χ3v) is 3.61. The fraction of sp³-hybridized carbons (Fsp3) is 0.286. The van der Waals surface area contributed by atoms with Gasteiger partial charge in [-0.2, -0.15) is 0 Å². The van der Waals surface area contributed by atoms with Crippen LogP contribution in [0.25, 0.3) is 10.4 Å². The number of rotatable bonds is 4. The maximum atomic E-state index is 3.33. The van der Waals surface area contributed by atoms with E-state index in [4.69, 9.17) is 0 Å². The first-order chi connectivity index (χ1) is 7.79. The van der Waals surface area contributed by atoms with E-state index in [-0.39, 0.29) is 0 Å². The molecule has 0 atom stereocenters. The van der Waals surface area contributed by atoms with Gasteiger partial charge in [0.2, 0.25) is 0 Å². The average Bonchev–Trinajstić information content (AvgIpc) is 2.74. The number of aryl methyl sites for hydroxylation is 1. The lowest BCUT2D eigenvalue weighted by atomic mass is 10.1. The Morgan fingerprint density at radius 3 is 2.38 bits per heavy atom. The Kier molecular flexibility index (Phi) is 3.75. The standard InChI is InChI=1S/C14H17NS/c1-3-15-10-12-5-7-13(8-6-12)14-9-4-11(2)16-14/h4-9,15H,3,10H2,1-2H3. The first kappa shape index (κ1) is 11.4. The summed E-state index contributed by atoms with van der Waals surface area (Å²) in [6.07, 6.45) is 0. The van der Waals surface area contributed by atoms with E-state index in [0.717, 1.165) is 13.1 Å². The van der Waals surface area contributed by atoms with Crippen molar-refractivity contribution < 1.29 is 0 Å². The minimum absolute atomic E-state index is 0.959. The van der Waals surface area contributed by atoms with Crippen molar-refractivity contribution in [1.29, 1.82) is 0 Å². The molecule has 0 amide bonds. The van der Waals surface area contributed by atoms with E-state index in [2.05, 4.69) is 55.6 Å². The summed E-state index contributed by atoms with van der Waals surface area (Å²) < 4.78 is 0. The normalized spacial score (nSPS) is 10.6. The minimum atomic E-state index is 0.959. The first-order valence-electron chi connectivity index (χ1n) is 5.66. The Morgan fingerprint density at radius 1 is 1.06 bits per heavy atom. The van der Waals surface area contributed by atoms with E-state index in [0.29, 0.717) is 0 Å². The Bertz CT molecular complexity index is 442. The molecule has 2 heteroatoms. The van der Waals surface area contributed by atoms with E-state index in [9.17, 15) is 0 Å². The highest BCUT2D eigenvalue weighted by molar-refractivity contribution is 7.15. The summed E-state index contributed by atoms with van der Waals surface area (Å²) in [5, 5.41) is 3.33. The molecule has 2 aromatic rings. The van der Waals surface area contributed by atoms with Crippen LogP contribution in [0, 0.1) is 6.92 Å². The van der Waals surface area contributed by atoms with Crippen LogP contribution in [0.3, 0.4) is 0 Å². The minimum Gasteiger partial charge on any atom is -0.313 e. The van der Waals surface area contributed by atoms with Crippen molar-refractivity contribution in [1.82, 2.24) is 5.32 Å². The fourth-order valence-electron chi connectivity index (χ4n) is 1.65. The van der Waals surface area contributed by atoms with E-state index >= 15 is 0 Å². The van der Waals surface area contributed by atoms with Crippen LogP contribution in [0.2, 0.25) is 0 Å². The summed E-state index contributed by atoms with van der Waals surface area (Å²) >= 11 is 1.85.